The van der Waals surface area contributed by atoms with E-state index in [2.05, 4.69) is 5.32 Å². The molecule has 4 unspecified atom stereocenters. The maximum atomic E-state index is 11.7. The van der Waals surface area contributed by atoms with Gasteiger partial charge in [-0.2, -0.15) is 0 Å². The van der Waals surface area contributed by atoms with Crippen LogP contribution in [0.3, 0.4) is 0 Å². The van der Waals surface area contributed by atoms with Crippen LogP contribution in [-0.2, 0) is 4.79 Å². The number of carbonyl (C=O) groups excluding carboxylic acids is 1. The Kier molecular flexibility index (Phi) is 5.22. The van der Waals surface area contributed by atoms with Gasteiger partial charge in [-0.1, -0.05) is 26.7 Å². The zero-order chi connectivity index (χ0) is 12.1. The molecule has 0 bridgehead atoms. The average molecular weight is 228 g/mol. The summed E-state index contributed by atoms with van der Waals surface area (Å²) >= 11 is 0. The molecular formula is C12H24N2O2. The fourth-order valence-corrected chi connectivity index (χ4v) is 2.12. The molecule has 16 heavy (non-hydrogen) atoms. The molecule has 1 amide bonds. The first-order valence-electron chi connectivity index (χ1n) is 6.27. The van der Waals surface area contributed by atoms with Gasteiger partial charge < -0.3 is 16.2 Å². The van der Waals surface area contributed by atoms with E-state index in [-0.39, 0.29) is 23.8 Å². The summed E-state index contributed by atoms with van der Waals surface area (Å²) in [6.45, 7) is 4.57. The van der Waals surface area contributed by atoms with Crippen LogP contribution in [0, 0.1) is 11.8 Å². The fourth-order valence-electron chi connectivity index (χ4n) is 2.12. The predicted molar refractivity (Wildman–Crippen MR) is 63.8 cm³/mol. The smallest absolute Gasteiger partial charge is 0.237 e. The molecule has 0 spiro atoms. The average Bonchev–Trinajstić information content (AvgIpc) is 2.69. The molecule has 1 aliphatic rings. The summed E-state index contributed by atoms with van der Waals surface area (Å²) in [5, 5.41) is 12.5. The quantitative estimate of drug-likeness (QED) is 0.646. The Hall–Kier alpha value is -0.610. The van der Waals surface area contributed by atoms with Crippen LogP contribution >= 0.6 is 0 Å². The van der Waals surface area contributed by atoms with Gasteiger partial charge in [-0.15, -0.1) is 0 Å². The monoisotopic (exact) mass is 228 g/mol. The van der Waals surface area contributed by atoms with Crippen molar-refractivity contribution < 1.29 is 9.90 Å². The third-order valence-corrected chi connectivity index (χ3v) is 3.72. The molecule has 1 aliphatic carbocycles. The summed E-state index contributed by atoms with van der Waals surface area (Å²) in [6.07, 6.45) is 3.57. The number of nitrogens with two attached hydrogens (primary N) is 1. The Morgan fingerprint density at radius 1 is 1.56 bits per heavy atom. The number of rotatable bonds is 5. The van der Waals surface area contributed by atoms with E-state index in [9.17, 15) is 9.90 Å². The molecule has 4 heteroatoms. The lowest BCUT2D eigenvalue weighted by molar-refractivity contribution is -0.123. The molecule has 0 saturated heterocycles. The van der Waals surface area contributed by atoms with Crippen molar-refractivity contribution in [3.63, 3.8) is 0 Å². The molecule has 94 valence electrons. The van der Waals surface area contributed by atoms with Crippen molar-refractivity contribution in [2.24, 2.45) is 17.6 Å². The zero-order valence-electron chi connectivity index (χ0n) is 10.3. The van der Waals surface area contributed by atoms with E-state index in [1.165, 1.54) is 0 Å². The molecule has 1 rings (SSSR count). The van der Waals surface area contributed by atoms with Gasteiger partial charge in [0.15, 0.2) is 0 Å². The zero-order valence-corrected chi connectivity index (χ0v) is 10.3. The van der Waals surface area contributed by atoms with Crippen molar-refractivity contribution in [1.82, 2.24) is 5.32 Å². The largest absolute Gasteiger partial charge is 0.393 e. The minimum atomic E-state index is -0.427. The van der Waals surface area contributed by atoms with Crippen molar-refractivity contribution in [2.75, 3.05) is 6.54 Å². The molecule has 1 fully saturated rings. The minimum Gasteiger partial charge on any atom is -0.393 e. The molecule has 4 atom stereocenters. The summed E-state index contributed by atoms with van der Waals surface area (Å²) < 4.78 is 0. The molecule has 4 N–H and O–H groups in total. The van der Waals surface area contributed by atoms with Crippen molar-refractivity contribution in [3.05, 3.63) is 0 Å². The molecule has 0 heterocycles. The molecule has 4 nitrogen and oxygen atoms in total. The van der Waals surface area contributed by atoms with Crippen LogP contribution in [0.2, 0.25) is 0 Å². The fraction of sp³-hybridized carbons (Fsp3) is 0.917. The highest BCUT2D eigenvalue weighted by Crippen LogP contribution is 2.24. The molecule has 0 aromatic carbocycles. The van der Waals surface area contributed by atoms with Crippen molar-refractivity contribution in [2.45, 2.75) is 51.7 Å². The maximum Gasteiger partial charge on any atom is 0.237 e. The van der Waals surface area contributed by atoms with Crippen molar-refractivity contribution in [3.8, 4) is 0 Å². The number of hydrogen-bond acceptors (Lipinski definition) is 3. The van der Waals surface area contributed by atoms with Gasteiger partial charge in [0.2, 0.25) is 5.91 Å². The summed E-state index contributed by atoms with van der Waals surface area (Å²) in [5.74, 6) is 0.329. The highest BCUT2D eigenvalue weighted by atomic mass is 16.3. The number of amides is 1. The maximum absolute atomic E-state index is 11.7. The molecule has 0 aromatic rings. The van der Waals surface area contributed by atoms with E-state index in [0.29, 0.717) is 6.54 Å². The lowest BCUT2D eigenvalue weighted by Gasteiger charge is -2.20. The van der Waals surface area contributed by atoms with Gasteiger partial charge in [-0.25, -0.2) is 0 Å². The second kappa shape index (κ2) is 6.21. The number of nitrogens with one attached hydrogen (secondary N) is 1. The summed E-state index contributed by atoms with van der Waals surface area (Å²) in [4.78, 5) is 11.7. The van der Waals surface area contributed by atoms with E-state index >= 15 is 0 Å². The second-order valence-corrected chi connectivity index (χ2v) is 4.91. The van der Waals surface area contributed by atoms with E-state index in [1.54, 1.807) is 0 Å². The van der Waals surface area contributed by atoms with Crippen LogP contribution < -0.4 is 11.1 Å². The Labute approximate surface area is 97.6 Å². The highest BCUT2D eigenvalue weighted by molar-refractivity contribution is 5.81. The second-order valence-electron chi connectivity index (χ2n) is 4.91. The number of aliphatic hydroxyl groups excluding tert-OH is 1. The van der Waals surface area contributed by atoms with Gasteiger partial charge in [0.1, 0.15) is 0 Å². The third-order valence-electron chi connectivity index (χ3n) is 3.72. The normalized spacial score (nSPS) is 28.8. The van der Waals surface area contributed by atoms with E-state index < -0.39 is 6.04 Å². The van der Waals surface area contributed by atoms with Crippen LogP contribution in [0.4, 0.5) is 0 Å². The lowest BCUT2D eigenvalue weighted by Crippen LogP contribution is -2.46. The van der Waals surface area contributed by atoms with E-state index in [1.807, 2.05) is 13.8 Å². The summed E-state index contributed by atoms with van der Waals surface area (Å²) in [7, 11) is 0. The van der Waals surface area contributed by atoms with E-state index in [4.69, 9.17) is 5.73 Å². The summed E-state index contributed by atoms with van der Waals surface area (Å²) in [5.41, 5.74) is 5.82. The molecule has 0 radical (unpaired) electrons. The minimum absolute atomic E-state index is 0.0894. The van der Waals surface area contributed by atoms with Gasteiger partial charge in [0.25, 0.3) is 0 Å². The van der Waals surface area contributed by atoms with Gasteiger partial charge in [-0.05, 0) is 18.8 Å². The van der Waals surface area contributed by atoms with Crippen molar-refractivity contribution in [1.29, 1.82) is 0 Å². The Morgan fingerprint density at radius 2 is 2.25 bits per heavy atom. The molecule has 1 saturated carbocycles. The van der Waals surface area contributed by atoms with Crippen LogP contribution in [-0.4, -0.2) is 29.7 Å². The van der Waals surface area contributed by atoms with Gasteiger partial charge in [-0.3, -0.25) is 4.79 Å². The first-order valence-corrected chi connectivity index (χ1v) is 6.27. The topological polar surface area (TPSA) is 75.4 Å². The van der Waals surface area contributed by atoms with Crippen LogP contribution in [0.15, 0.2) is 0 Å². The van der Waals surface area contributed by atoms with Crippen LogP contribution in [0.25, 0.3) is 0 Å². The molecular weight excluding hydrogens is 204 g/mol. The SMILES string of the molecule is CCC(C)C(N)C(=O)NCC1CCCC1O. The highest BCUT2D eigenvalue weighted by Gasteiger charge is 2.26. The van der Waals surface area contributed by atoms with Gasteiger partial charge in [0.05, 0.1) is 12.1 Å². The molecule has 0 aliphatic heterocycles. The first-order chi connectivity index (χ1) is 7.56. The molecule has 0 aromatic heterocycles. The standard InChI is InChI=1S/C12H24N2O2/c1-3-8(2)11(13)12(16)14-7-9-5-4-6-10(9)15/h8-11,15H,3-7,13H2,1-2H3,(H,14,16). The third kappa shape index (κ3) is 3.46. The Balaban J connectivity index is 2.29. The van der Waals surface area contributed by atoms with Gasteiger partial charge >= 0.3 is 0 Å². The Morgan fingerprint density at radius 3 is 2.75 bits per heavy atom. The van der Waals surface area contributed by atoms with Gasteiger partial charge in [0, 0.05) is 12.5 Å². The first kappa shape index (κ1) is 13.5. The lowest BCUT2D eigenvalue weighted by atomic mass is 9.99. The number of aliphatic hydroxyl groups is 1. The van der Waals surface area contributed by atoms with E-state index in [0.717, 1.165) is 25.7 Å². The Bertz CT molecular complexity index is 233. The van der Waals surface area contributed by atoms with Crippen LogP contribution in [0.5, 0.6) is 0 Å². The summed E-state index contributed by atoms with van der Waals surface area (Å²) in [6, 6.07) is -0.427. The van der Waals surface area contributed by atoms with Crippen LogP contribution in [0.1, 0.15) is 39.5 Å². The number of hydrogen-bond donors (Lipinski definition) is 3. The van der Waals surface area contributed by atoms with Crippen molar-refractivity contribution >= 4 is 5.91 Å². The number of carbonyl (C=O) groups is 1. The predicted octanol–water partition coefficient (Wildman–Crippen LogP) is 0.637.